The van der Waals surface area contributed by atoms with Crippen molar-refractivity contribution in [2.45, 2.75) is 37.2 Å². The molecular formula is C13H20N2OS2. The number of nitrogens with zero attached hydrogens (tertiary/aromatic N) is 1. The van der Waals surface area contributed by atoms with Gasteiger partial charge in [-0.2, -0.15) is 11.8 Å². The second-order valence-corrected chi connectivity index (χ2v) is 8.57. The van der Waals surface area contributed by atoms with E-state index in [1.54, 1.807) is 11.3 Å². The summed E-state index contributed by atoms with van der Waals surface area (Å²) in [4.78, 5) is 14.0. The molecular weight excluding hydrogens is 264 g/mol. The summed E-state index contributed by atoms with van der Waals surface area (Å²) >= 11 is 3.53. The molecule has 100 valence electrons. The normalized spacial score (nSPS) is 20.2. The van der Waals surface area contributed by atoms with Crippen molar-refractivity contribution in [3.05, 3.63) is 17.5 Å². The van der Waals surface area contributed by atoms with Gasteiger partial charge in [0.05, 0.1) is 5.00 Å². The summed E-state index contributed by atoms with van der Waals surface area (Å²) in [6, 6.07) is 3.91. The maximum absolute atomic E-state index is 12.0. The molecule has 0 spiro atoms. The maximum atomic E-state index is 12.0. The van der Waals surface area contributed by atoms with E-state index in [-0.39, 0.29) is 10.8 Å². The highest BCUT2D eigenvalue weighted by Crippen LogP contribution is 2.33. The minimum Gasteiger partial charge on any atom is -0.323 e. The third kappa shape index (κ3) is 3.92. The van der Waals surface area contributed by atoms with Gasteiger partial charge >= 0.3 is 6.03 Å². The van der Waals surface area contributed by atoms with Crippen molar-refractivity contribution < 1.29 is 4.79 Å². The smallest absolute Gasteiger partial charge is 0.322 e. The molecule has 1 aromatic rings. The minimum atomic E-state index is 0.0365. The molecule has 1 saturated heterocycles. The first kappa shape index (κ1) is 13.7. The number of hydrogen-bond acceptors (Lipinski definition) is 3. The van der Waals surface area contributed by atoms with Crippen LogP contribution in [0.15, 0.2) is 17.5 Å². The summed E-state index contributed by atoms with van der Waals surface area (Å²) in [6.45, 7) is 8.41. The van der Waals surface area contributed by atoms with Gasteiger partial charge in [0.15, 0.2) is 0 Å². The summed E-state index contributed by atoms with van der Waals surface area (Å²) in [7, 11) is 0. The lowest BCUT2D eigenvalue weighted by atomic mass is 10.3. The van der Waals surface area contributed by atoms with Gasteiger partial charge in [0.1, 0.15) is 0 Å². The fraction of sp³-hybridized carbons (Fsp3) is 0.615. The maximum Gasteiger partial charge on any atom is 0.322 e. The van der Waals surface area contributed by atoms with E-state index < -0.39 is 0 Å². The second kappa shape index (κ2) is 5.53. The first-order chi connectivity index (χ1) is 8.44. The average molecular weight is 284 g/mol. The van der Waals surface area contributed by atoms with Crippen LogP contribution < -0.4 is 5.32 Å². The first-order valence-corrected chi connectivity index (χ1v) is 7.97. The van der Waals surface area contributed by atoms with Crippen LogP contribution in [0.25, 0.3) is 0 Å². The van der Waals surface area contributed by atoms with Gasteiger partial charge in [-0.25, -0.2) is 4.79 Å². The zero-order valence-corrected chi connectivity index (χ0v) is 12.7. The van der Waals surface area contributed by atoms with E-state index in [2.05, 4.69) is 26.1 Å². The van der Waals surface area contributed by atoms with Crippen molar-refractivity contribution >= 4 is 34.1 Å². The Morgan fingerprint density at radius 3 is 2.94 bits per heavy atom. The van der Waals surface area contributed by atoms with Crippen LogP contribution in [0.4, 0.5) is 9.80 Å². The van der Waals surface area contributed by atoms with Crippen molar-refractivity contribution in [1.29, 1.82) is 0 Å². The van der Waals surface area contributed by atoms with E-state index in [9.17, 15) is 4.79 Å². The van der Waals surface area contributed by atoms with E-state index >= 15 is 0 Å². The molecule has 3 nitrogen and oxygen atoms in total. The predicted octanol–water partition coefficient (Wildman–Crippen LogP) is 3.89. The Labute approximate surface area is 117 Å². The lowest BCUT2D eigenvalue weighted by Gasteiger charge is -2.23. The van der Waals surface area contributed by atoms with Crippen LogP contribution in [0, 0.1) is 0 Å². The van der Waals surface area contributed by atoms with Crippen LogP contribution in [0.5, 0.6) is 0 Å². The number of amides is 2. The summed E-state index contributed by atoms with van der Waals surface area (Å²) < 4.78 is 0.269. The highest BCUT2D eigenvalue weighted by Gasteiger charge is 2.29. The van der Waals surface area contributed by atoms with Gasteiger partial charge in [0.25, 0.3) is 0 Å². The third-order valence-corrected chi connectivity index (χ3v) is 4.91. The van der Waals surface area contributed by atoms with Crippen LogP contribution >= 0.6 is 23.1 Å². The molecule has 2 amide bonds. The monoisotopic (exact) mass is 284 g/mol. The van der Waals surface area contributed by atoms with Crippen molar-refractivity contribution in [3.8, 4) is 0 Å². The van der Waals surface area contributed by atoms with Crippen molar-refractivity contribution in [2.75, 3.05) is 18.4 Å². The molecule has 1 fully saturated rings. The lowest BCUT2D eigenvalue weighted by molar-refractivity contribution is 0.223. The number of likely N-dealkylation sites (tertiary alicyclic amines) is 1. The molecule has 2 heterocycles. The number of anilines is 1. The number of rotatable bonds is 2. The Balaban J connectivity index is 1.83. The molecule has 18 heavy (non-hydrogen) atoms. The van der Waals surface area contributed by atoms with Crippen molar-refractivity contribution in [1.82, 2.24) is 4.90 Å². The van der Waals surface area contributed by atoms with Gasteiger partial charge in [0.2, 0.25) is 0 Å². The molecule has 2 rings (SSSR count). The zero-order chi connectivity index (χ0) is 13.2. The second-order valence-electron chi connectivity index (χ2n) is 5.49. The van der Waals surface area contributed by atoms with Gasteiger partial charge in [-0.15, -0.1) is 11.3 Å². The number of nitrogens with one attached hydrogen (secondary N) is 1. The quantitative estimate of drug-likeness (QED) is 0.893. The molecule has 1 aliphatic heterocycles. The molecule has 1 aromatic heterocycles. The highest BCUT2D eigenvalue weighted by atomic mass is 32.2. The van der Waals surface area contributed by atoms with Gasteiger partial charge in [-0.3, -0.25) is 5.32 Å². The number of urea groups is 1. The number of carbonyl (C=O) groups is 1. The molecule has 1 N–H and O–H groups in total. The highest BCUT2D eigenvalue weighted by molar-refractivity contribution is 8.01. The first-order valence-electron chi connectivity index (χ1n) is 6.21. The summed E-state index contributed by atoms with van der Waals surface area (Å²) in [5.41, 5.74) is 0. The van der Waals surface area contributed by atoms with E-state index in [4.69, 9.17) is 0 Å². The Bertz CT molecular complexity index is 398. The minimum absolute atomic E-state index is 0.0365. The molecule has 0 aromatic carbocycles. The largest absolute Gasteiger partial charge is 0.323 e. The van der Waals surface area contributed by atoms with Crippen LogP contribution in [0.2, 0.25) is 0 Å². The number of thioether (sulfide) groups is 1. The topological polar surface area (TPSA) is 32.3 Å². The van der Waals surface area contributed by atoms with Crippen molar-refractivity contribution in [3.63, 3.8) is 0 Å². The predicted molar refractivity (Wildman–Crippen MR) is 80.7 cm³/mol. The number of carbonyl (C=O) groups excluding carboxylic acids is 1. The van der Waals surface area contributed by atoms with Crippen molar-refractivity contribution in [2.24, 2.45) is 0 Å². The van der Waals surface area contributed by atoms with Gasteiger partial charge in [0, 0.05) is 23.1 Å². The van der Waals surface area contributed by atoms with Crippen LogP contribution in [-0.4, -0.2) is 34.0 Å². The fourth-order valence-electron chi connectivity index (χ4n) is 2.04. The Kier molecular flexibility index (Phi) is 4.22. The van der Waals surface area contributed by atoms with Crippen LogP contribution in [0.1, 0.15) is 27.2 Å². The standard InChI is InChI=1S/C13H20N2OS2/c1-13(2,3)18-10-6-7-15(9-10)12(16)14-11-5-4-8-17-11/h4-5,8,10H,6-7,9H2,1-3H3,(H,14,16)/t10-/m0/s1. The molecule has 0 radical (unpaired) electrons. The number of hydrogen-bond donors (Lipinski definition) is 1. The van der Waals surface area contributed by atoms with E-state index in [0.717, 1.165) is 24.5 Å². The lowest BCUT2D eigenvalue weighted by Crippen LogP contribution is -2.33. The molecule has 1 aliphatic rings. The van der Waals surface area contributed by atoms with Gasteiger partial charge in [-0.1, -0.05) is 20.8 Å². The molecule has 1 atom stereocenters. The van der Waals surface area contributed by atoms with E-state index in [1.807, 2.05) is 34.2 Å². The molecule has 0 bridgehead atoms. The summed E-state index contributed by atoms with van der Waals surface area (Å²) in [5, 5.41) is 6.41. The Morgan fingerprint density at radius 2 is 2.33 bits per heavy atom. The summed E-state index contributed by atoms with van der Waals surface area (Å²) in [6.07, 6.45) is 1.10. The average Bonchev–Trinajstić information content (AvgIpc) is 2.86. The fourth-order valence-corrected chi connectivity index (χ4v) is 4.13. The Morgan fingerprint density at radius 1 is 1.56 bits per heavy atom. The molecule has 0 unspecified atom stereocenters. The van der Waals surface area contributed by atoms with Gasteiger partial charge < -0.3 is 4.90 Å². The van der Waals surface area contributed by atoms with E-state index in [0.29, 0.717) is 5.25 Å². The zero-order valence-electron chi connectivity index (χ0n) is 11.1. The van der Waals surface area contributed by atoms with Crippen LogP contribution in [-0.2, 0) is 0 Å². The molecule has 5 heteroatoms. The van der Waals surface area contributed by atoms with Gasteiger partial charge in [-0.05, 0) is 23.9 Å². The van der Waals surface area contributed by atoms with E-state index in [1.165, 1.54) is 0 Å². The molecule has 0 saturated carbocycles. The third-order valence-electron chi connectivity index (χ3n) is 2.70. The molecule has 0 aliphatic carbocycles. The van der Waals surface area contributed by atoms with Crippen LogP contribution in [0.3, 0.4) is 0 Å². The Hall–Kier alpha value is -0.680. The number of thiophene rings is 1. The summed E-state index contributed by atoms with van der Waals surface area (Å²) in [5.74, 6) is 0. The SMILES string of the molecule is CC(C)(C)S[C@H]1CCN(C(=O)Nc2cccs2)C1.